The van der Waals surface area contributed by atoms with Crippen molar-refractivity contribution in [1.29, 1.82) is 0 Å². The maximum absolute atomic E-state index is 14.1. The number of carbonyl (C=O) groups excluding carboxylic acids is 1. The molecule has 0 fully saturated rings. The van der Waals surface area contributed by atoms with Gasteiger partial charge in [0.1, 0.15) is 23.2 Å². The zero-order valence-electron chi connectivity index (χ0n) is 20.1. The molecule has 0 saturated heterocycles. The Morgan fingerprint density at radius 2 is 1.71 bits per heavy atom. The molecular formula is C29H21F2N3O4. The van der Waals surface area contributed by atoms with Crippen LogP contribution in [0.1, 0.15) is 15.9 Å². The molecule has 2 N–H and O–H groups in total. The normalized spacial score (nSPS) is 12.0. The maximum Gasteiger partial charge on any atom is 0.326 e. The zero-order valence-corrected chi connectivity index (χ0v) is 20.1. The molecule has 190 valence electrons. The molecule has 2 aromatic heterocycles. The summed E-state index contributed by atoms with van der Waals surface area (Å²) in [7, 11) is 1.70. The summed E-state index contributed by atoms with van der Waals surface area (Å²) in [5.74, 6) is -4.76. The minimum absolute atomic E-state index is 0.204. The Morgan fingerprint density at radius 3 is 2.45 bits per heavy atom. The molecule has 0 aliphatic rings. The number of halogens is 2. The van der Waals surface area contributed by atoms with E-state index in [9.17, 15) is 28.3 Å². The summed E-state index contributed by atoms with van der Waals surface area (Å²) in [4.78, 5) is 42.2. The molecule has 38 heavy (non-hydrogen) atoms. The van der Waals surface area contributed by atoms with Crippen LogP contribution in [0.3, 0.4) is 0 Å². The quantitative estimate of drug-likeness (QED) is 0.349. The first kappa shape index (κ1) is 24.8. The van der Waals surface area contributed by atoms with Gasteiger partial charge in [-0.2, -0.15) is 0 Å². The van der Waals surface area contributed by atoms with E-state index >= 15 is 0 Å². The lowest BCUT2D eigenvalue weighted by Crippen LogP contribution is -2.43. The molecule has 3 aromatic carbocycles. The van der Waals surface area contributed by atoms with Gasteiger partial charge in [-0.1, -0.05) is 42.5 Å². The van der Waals surface area contributed by atoms with Gasteiger partial charge in [0, 0.05) is 30.6 Å². The van der Waals surface area contributed by atoms with Crippen molar-refractivity contribution in [2.75, 3.05) is 0 Å². The molecule has 0 aliphatic carbocycles. The number of pyridine rings is 2. The number of nitrogens with one attached hydrogen (secondary N) is 1. The number of aryl methyl sites for hydroxylation is 1. The minimum atomic E-state index is -1.49. The number of fused-ring (bicyclic) bond motifs is 2. The smallest absolute Gasteiger partial charge is 0.326 e. The predicted molar refractivity (Wildman–Crippen MR) is 139 cm³/mol. The van der Waals surface area contributed by atoms with Crippen LogP contribution in [-0.4, -0.2) is 32.6 Å². The van der Waals surface area contributed by atoms with Crippen LogP contribution in [0.25, 0.3) is 32.9 Å². The van der Waals surface area contributed by atoms with Crippen LogP contribution in [0.5, 0.6) is 0 Å². The molecule has 0 aliphatic heterocycles. The molecule has 1 unspecified atom stereocenters. The van der Waals surface area contributed by atoms with Gasteiger partial charge >= 0.3 is 5.97 Å². The standard InChI is InChI=1S/C29H21F2N3O4/c1-34-24-10-3-2-6-16(24)14-20(28(34)36)18-12-11-17(26-19(18)7-5-13-32-26)15-23(29(37)38)33-27(35)25-21(30)8-4-9-22(25)31/h2-14,23H,15H2,1H3,(H,33,35)(H,37,38). The van der Waals surface area contributed by atoms with Crippen molar-refractivity contribution in [1.82, 2.24) is 14.9 Å². The summed E-state index contributed by atoms with van der Waals surface area (Å²) in [5, 5.41) is 13.5. The lowest BCUT2D eigenvalue weighted by molar-refractivity contribution is -0.139. The molecule has 0 saturated carbocycles. The van der Waals surface area contributed by atoms with Crippen LogP contribution < -0.4 is 10.9 Å². The summed E-state index contributed by atoms with van der Waals surface area (Å²) in [6.07, 6.45) is 1.33. The van der Waals surface area contributed by atoms with Gasteiger partial charge in [0.25, 0.3) is 11.5 Å². The Labute approximate surface area is 215 Å². The number of aliphatic carboxylic acids is 1. The van der Waals surface area contributed by atoms with E-state index in [4.69, 9.17) is 0 Å². The largest absolute Gasteiger partial charge is 0.480 e. The SMILES string of the molecule is Cn1c(=O)c(-c2ccc(CC(NC(=O)c3c(F)cccc3F)C(=O)O)c3ncccc23)cc2ccccc21. The van der Waals surface area contributed by atoms with E-state index in [0.717, 1.165) is 29.1 Å². The number of rotatable bonds is 6. The fourth-order valence-corrected chi connectivity index (χ4v) is 4.61. The highest BCUT2D eigenvalue weighted by Crippen LogP contribution is 2.30. The van der Waals surface area contributed by atoms with Gasteiger partial charge in [-0.3, -0.25) is 14.6 Å². The second-order valence-electron chi connectivity index (χ2n) is 8.82. The number of amides is 1. The fourth-order valence-electron chi connectivity index (χ4n) is 4.61. The highest BCUT2D eigenvalue weighted by molar-refractivity contribution is 5.99. The molecule has 0 bridgehead atoms. The van der Waals surface area contributed by atoms with E-state index in [1.165, 1.54) is 6.20 Å². The fraction of sp³-hybridized carbons (Fsp3) is 0.103. The topological polar surface area (TPSA) is 101 Å². The summed E-state index contributed by atoms with van der Waals surface area (Å²) in [6, 6.07) is 17.6. The number of carboxylic acids is 1. The average molecular weight is 514 g/mol. The average Bonchev–Trinajstić information content (AvgIpc) is 2.90. The molecule has 1 atom stereocenters. The number of carboxylic acid groups (broad SMARTS) is 1. The van der Waals surface area contributed by atoms with Crippen LogP contribution in [0.4, 0.5) is 8.78 Å². The summed E-state index contributed by atoms with van der Waals surface area (Å²) < 4.78 is 29.7. The third-order valence-electron chi connectivity index (χ3n) is 6.49. The van der Waals surface area contributed by atoms with Crippen molar-refractivity contribution in [3.8, 4) is 11.1 Å². The van der Waals surface area contributed by atoms with Crippen molar-refractivity contribution >= 4 is 33.7 Å². The number of para-hydroxylation sites is 1. The van der Waals surface area contributed by atoms with Crippen molar-refractivity contribution in [3.05, 3.63) is 112 Å². The first-order valence-corrected chi connectivity index (χ1v) is 11.7. The number of hydrogen-bond acceptors (Lipinski definition) is 4. The summed E-state index contributed by atoms with van der Waals surface area (Å²) in [5.41, 5.74) is 1.71. The van der Waals surface area contributed by atoms with Crippen molar-refractivity contribution in [2.45, 2.75) is 12.5 Å². The van der Waals surface area contributed by atoms with E-state index in [1.54, 1.807) is 35.9 Å². The van der Waals surface area contributed by atoms with Crippen molar-refractivity contribution in [2.24, 2.45) is 7.05 Å². The van der Waals surface area contributed by atoms with Crippen LogP contribution in [0.15, 0.2) is 83.8 Å². The second-order valence-corrected chi connectivity index (χ2v) is 8.82. The highest BCUT2D eigenvalue weighted by atomic mass is 19.1. The van der Waals surface area contributed by atoms with Gasteiger partial charge < -0.3 is 15.0 Å². The van der Waals surface area contributed by atoms with Gasteiger partial charge in [0.15, 0.2) is 0 Å². The molecule has 0 radical (unpaired) electrons. The Bertz CT molecular complexity index is 1780. The number of aromatic nitrogens is 2. The van der Waals surface area contributed by atoms with Gasteiger partial charge in [0.05, 0.1) is 11.0 Å². The molecule has 2 heterocycles. The van der Waals surface area contributed by atoms with Crippen molar-refractivity contribution in [3.63, 3.8) is 0 Å². The summed E-state index contributed by atoms with van der Waals surface area (Å²) >= 11 is 0. The highest BCUT2D eigenvalue weighted by Gasteiger charge is 2.26. The molecule has 7 nitrogen and oxygen atoms in total. The minimum Gasteiger partial charge on any atom is -0.480 e. The van der Waals surface area contributed by atoms with Gasteiger partial charge in [0.2, 0.25) is 0 Å². The Hall–Kier alpha value is -4.92. The van der Waals surface area contributed by atoms with E-state index in [-0.39, 0.29) is 12.0 Å². The van der Waals surface area contributed by atoms with Gasteiger partial charge in [-0.15, -0.1) is 0 Å². The van der Waals surface area contributed by atoms with E-state index in [0.29, 0.717) is 27.6 Å². The van der Waals surface area contributed by atoms with Gasteiger partial charge in [-0.05, 0) is 46.8 Å². The number of hydrogen-bond donors (Lipinski definition) is 2. The predicted octanol–water partition coefficient (Wildman–Crippen LogP) is 4.46. The molecule has 5 aromatic rings. The van der Waals surface area contributed by atoms with Crippen LogP contribution in [0.2, 0.25) is 0 Å². The molecule has 5 rings (SSSR count). The lowest BCUT2D eigenvalue weighted by atomic mass is 9.95. The lowest BCUT2D eigenvalue weighted by Gasteiger charge is -2.17. The molecular weight excluding hydrogens is 492 g/mol. The maximum atomic E-state index is 14.1. The third-order valence-corrected chi connectivity index (χ3v) is 6.49. The Balaban J connectivity index is 1.56. The molecule has 0 spiro atoms. The van der Waals surface area contributed by atoms with E-state index in [2.05, 4.69) is 10.3 Å². The number of nitrogens with zero attached hydrogens (tertiary/aromatic N) is 2. The Morgan fingerprint density at radius 1 is 0.974 bits per heavy atom. The van der Waals surface area contributed by atoms with E-state index < -0.39 is 35.1 Å². The zero-order chi connectivity index (χ0) is 27.0. The molecule has 9 heteroatoms. The van der Waals surface area contributed by atoms with Crippen LogP contribution in [0, 0.1) is 11.6 Å². The summed E-state index contributed by atoms with van der Waals surface area (Å²) in [6.45, 7) is 0. The van der Waals surface area contributed by atoms with E-state index in [1.807, 2.05) is 30.3 Å². The second kappa shape index (κ2) is 9.85. The van der Waals surface area contributed by atoms with Gasteiger partial charge in [-0.25, -0.2) is 13.6 Å². The third kappa shape index (κ3) is 4.39. The number of benzene rings is 3. The van der Waals surface area contributed by atoms with Crippen LogP contribution in [-0.2, 0) is 18.3 Å². The monoisotopic (exact) mass is 513 g/mol. The van der Waals surface area contributed by atoms with Crippen molar-refractivity contribution < 1.29 is 23.5 Å². The molecule has 1 amide bonds. The van der Waals surface area contributed by atoms with Crippen LogP contribution >= 0.6 is 0 Å². The number of carbonyl (C=O) groups is 2. The first-order chi connectivity index (χ1) is 18.3. The Kier molecular flexibility index (Phi) is 6.42. The first-order valence-electron chi connectivity index (χ1n) is 11.7.